The zero-order valence-electron chi connectivity index (χ0n) is 14.5. The van der Waals surface area contributed by atoms with E-state index in [0.29, 0.717) is 17.1 Å². The molecular weight excluding hydrogens is 302 g/mol. The van der Waals surface area contributed by atoms with Crippen LogP contribution in [0.15, 0.2) is 48.5 Å². The van der Waals surface area contributed by atoms with E-state index in [0.717, 1.165) is 4.90 Å². The molecule has 0 aliphatic rings. The van der Waals surface area contributed by atoms with Gasteiger partial charge in [-0.3, -0.25) is 4.79 Å². The lowest BCUT2D eigenvalue weighted by atomic mass is 9.87. The normalized spacial score (nSPS) is 11.0. The molecule has 2 rings (SSSR count). The Labute approximate surface area is 142 Å². The van der Waals surface area contributed by atoms with Crippen molar-refractivity contribution < 1.29 is 9.59 Å². The molecule has 5 heteroatoms. The van der Waals surface area contributed by atoms with Crippen LogP contribution in [0.2, 0.25) is 0 Å². The first-order valence-electron chi connectivity index (χ1n) is 7.76. The van der Waals surface area contributed by atoms with Crippen LogP contribution in [0.4, 0.5) is 21.9 Å². The van der Waals surface area contributed by atoms with Gasteiger partial charge in [0.05, 0.1) is 5.69 Å². The number of imide groups is 1. The first-order chi connectivity index (χ1) is 11.2. The second-order valence-electron chi connectivity index (χ2n) is 6.71. The number of hydrogen-bond donors (Lipinski definition) is 2. The molecule has 0 heterocycles. The molecule has 126 valence electrons. The third-order valence-corrected chi connectivity index (χ3v) is 3.65. The molecule has 0 unspecified atom stereocenters. The Morgan fingerprint density at radius 3 is 2.17 bits per heavy atom. The number of urea groups is 1. The van der Waals surface area contributed by atoms with Gasteiger partial charge in [-0.2, -0.15) is 0 Å². The van der Waals surface area contributed by atoms with Crippen LogP contribution in [0.3, 0.4) is 0 Å². The van der Waals surface area contributed by atoms with Crippen molar-refractivity contribution in [3.05, 3.63) is 54.1 Å². The molecule has 2 aromatic rings. The van der Waals surface area contributed by atoms with Crippen molar-refractivity contribution in [2.75, 3.05) is 16.0 Å². The van der Waals surface area contributed by atoms with E-state index in [1.165, 1.54) is 12.5 Å². The van der Waals surface area contributed by atoms with Gasteiger partial charge in [-0.15, -0.1) is 0 Å². The quantitative estimate of drug-likeness (QED) is 0.814. The predicted octanol–water partition coefficient (Wildman–Crippen LogP) is 4.15. The Morgan fingerprint density at radius 1 is 1.04 bits per heavy atom. The SMILES string of the molecule is CC(=O)N(C(=O)Nc1ccc(C(C)(C)C)cc1)c1cccc(N)c1. The molecule has 0 aliphatic heterocycles. The van der Waals surface area contributed by atoms with E-state index in [9.17, 15) is 9.59 Å². The summed E-state index contributed by atoms with van der Waals surface area (Å²) in [5.41, 5.74) is 8.49. The highest BCUT2D eigenvalue weighted by molar-refractivity contribution is 6.17. The van der Waals surface area contributed by atoms with E-state index < -0.39 is 6.03 Å². The van der Waals surface area contributed by atoms with Crippen molar-refractivity contribution in [1.29, 1.82) is 0 Å². The largest absolute Gasteiger partial charge is 0.399 e. The van der Waals surface area contributed by atoms with E-state index in [1.807, 2.05) is 24.3 Å². The molecule has 5 nitrogen and oxygen atoms in total. The highest BCUT2D eigenvalue weighted by atomic mass is 16.2. The maximum atomic E-state index is 12.5. The van der Waals surface area contributed by atoms with E-state index in [1.54, 1.807) is 24.3 Å². The van der Waals surface area contributed by atoms with Crippen LogP contribution in [0.25, 0.3) is 0 Å². The minimum atomic E-state index is -0.517. The molecule has 0 spiro atoms. The van der Waals surface area contributed by atoms with Crippen LogP contribution >= 0.6 is 0 Å². The van der Waals surface area contributed by atoms with Crippen molar-refractivity contribution in [2.24, 2.45) is 0 Å². The minimum absolute atomic E-state index is 0.0372. The third kappa shape index (κ3) is 4.13. The summed E-state index contributed by atoms with van der Waals surface area (Å²) in [4.78, 5) is 25.5. The number of amides is 3. The van der Waals surface area contributed by atoms with Gasteiger partial charge in [-0.25, -0.2) is 9.69 Å². The second kappa shape index (κ2) is 6.74. The van der Waals surface area contributed by atoms with Crippen molar-refractivity contribution in [2.45, 2.75) is 33.1 Å². The lowest BCUT2D eigenvalue weighted by Crippen LogP contribution is -2.38. The van der Waals surface area contributed by atoms with Gasteiger partial charge in [-0.1, -0.05) is 39.0 Å². The van der Waals surface area contributed by atoms with Gasteiger partial charge in [0.25, 0.3) is 0 Å². The highest BCUT2D eigenvalue weighted by Gasteiger charge is 2.21. The Balaban J connectivity index is 2.21. The number of carbonyl (C=O) groups is 2. The summed E-state index contributed by atoms with van der Waals surface area (Å²) in [6.07, 6.45) is 0. The second-order valence-corrected chi connectivity index (χ2v) is 6.71. The lowest BCUT2D eigenvalue weighted by molar-refractivity contribution is -0.115. The van der Waals surface area contributed by atoms with Gasteiger partial charge in [0.1, 0.15) is 0 Å². The Morgan fingerprint density at radius 2 is 1.67 bits per heavy atom. The van der Waals surface area contributed by atoms with Crippen molar-refractivity contribution in [3.63, 3.8) is 0 Å². The zero-order chi connectivity index (χ0) is 17.9. The van der Waals surface area contributed by atoms with Gasteiger partial charge in [-0.05, 0) is 41.3 Å². The molecule has 3 N–H and O–H groups in total. The summed E-state index contributed by atoms with van der Waals surface area (Å²) in [7, 11) is 0. The molecular formula is C19H23N3O2. The summed E-state index contributed by atoms with van der Waals surface area (Å²) in [6, 6.07) is 13.7. The number of rotatable bonds is 2. The fourth-order valence-corrected chi connectivity index (χ4v) is 2.34. The standard InChI is InChI=1S/C19H23N3O2/c1-13(23)22(17-7-5-6-15(20)12-17)18(24)21-16-10-8-14(9-11-16)19(2,3)4/h5-12H,20H2,1-4H3,(H,21,24). The van der Waals surface area contributed by atoms with Crippen molar-refractivity contribution in [3.8, 4) is 0 Å². The Bertz CT molecular complexity index is 746. The van der Waals surface area contributed by atoms with Crippen LogP contribution in [0.1, 0.15) is 33.3 Å². The molecule has 0 saturated carbocycles. The van der Waals surface area contributed by atoms with Gasteiger partial charge < -0.3 is 11.1 Å². The average molecular weight is 325 g/mol. The average Bonchev–Trinajstić information content (AvgIpc) is 2.46. The molecule has 0 bridgehead atoms. The molecule has 0 atom stereocenters. The summed E-state index contributed by atoms with van der Waals surface area (Å²) < 4.78 is 0. The fourth-order valence-electron chi connectivity index (χ4n) is 2.34. The number of nitrogen functional groups attached to an aromatic ring is 1. The highest BCUT2D eigenvalue weighted by Crippen LogP contribution is 2.24. The Kier molecular flexibility index (Phi) is 4.93. The molecule has 0 radical (unpaired) electrons. The van der Waals surface area contributed by atoms with Crippen molar-refractivity contribution in [1.82, 2.24) is 0 Å². The van der Waals surface area contributed by atoms with Gasteiger partial charge in [0, 0.05) is 18.3 Å². The third-order valence-electron chi connectivity index (χ3n) is 3.65. The van der Waals surface area contributed by atoms with Crippen LogP contribution < -0.4 is 16.0 Å². The maximum absolute atomic E-state index is 12.5. The van der Waals surface area contributed by atoms with Crippen LogP contribution in [0, 0.1) is 0 Å². The smallest absolute Gasteiger partial charge is 0.333 e. The molecule has 0 aliphatic carbocycles. The topological polar surface area (TPSA) is 75.4 Å². The number of nitrogens with two attached hydrogens (primary N) is 1. The first kappa shape index (κ1) is 17.5. The zero-order valence-corrected chi connectivity index (χ0v) is 14.5. The maximum Gasteiger partial charge on any atom is 0.333 e. The van der Waals surface area contributed by atoms with E-state index in [-0.39, 0.29) is 11.3 Å². The van der Waals surface area contributed by atoms with Crippen LogP contribution in [-0.4, -0.2) is 11.9 Å². The van der Waals surface area contributed by atoms with E-state index in [2.05, 4.69) is 26.1 Å². The summed E-state index contributed by atoms with van der Waals surface area (Å²) >= 11 is 0. The van der Waals surface area contributed by atoms with Gasteiger partial charge in [0.2, 0.25) is 5.91 Å². The number of anilines is 3. The first-order valence-corrected chi connectivity index (χ1v) is 7.76. The molecule has 0 fully saturated rings. The fraction of sp³-hybridized carbons (Fsp3) is 0.263. The monoisotopic (exact) mass is 325 g/mol. The van der Waals surface area contributed by atoms with Crippen molar-refractivity contribution >= 4 is 29.0 Å². The van der Waals surface area contributed by atoms with Crippen LogP contribution in [0.5, 0.6) is 0 Å². The molecule has 24 heavy (non-hydrogen) atoms. The molecule has 3 amide bonds. The van der Waals surface area contributed by atoms with Gasteiger partial charge >= 0.3 is 6.03 Å². The summed E-state index contributed by atoms with van der Waals surface area (Å²) in [5, 5.41) is 2.75. The minimum Gasteiger partial charge on any atom is -0.399 e. The Hall–Kier alpha value is -2.82. The lowest BCUT2D eigenvalue weighted by Gasteiger charge is -2.21. The number of carbonyl (C=O) groups excluding carboxylic acids is 2. The predicted molar refractivity (Wildman–Crippen MR) is 98.2 cm³/mol. The summed E-state index contributed by atoms with van der Waals surface area (Å²) in [5.74, 6) is -0.385. The number of benzene rings is 2. The van der Waals surface area contributed by atoms with E-state index >= 15 is 0 Å². The van der Waals surface area contributed by atoms with Gasteiger partial charge in [0.15, 0.2) is 0 Å². The van der Waals surface area contributed by atoms with Crippen LogP contribution in [-0.2, 0) is 10.2 Å². The molecule has 0 saturated heterocycles. The number of hydrogen-bond acceptors (Lipinski definition) is 3. The summed E-state index contributed by atoms with van der Waals surface area (Å²) in [6.45, 7) is 7.71. The molecule has 0 aromatic heterocycles. The number of nitrogens with zero attached hydrogens (tertiary/aromatic N) is 1. The number of nitrogens with one attached hydrogen (secondary N) is 1. The van der Waals surface area contributed by atoms with E-state index in [4.69, 9.17) is 5.73 Å². The molecule has 2 aromatic carbocycles.